The Morgan fingerprint density at radius 2 is 0.491 bits per heavy atom. The van der Waals surface area contributed by atoms with Crippen LogP contribution in [0.4, 0.5) is 0 Å². The van der Waals surface area contributed by atoms with E-state index in [0.29, 0.717) is 0 Å². The summed E-state index contributed by atoms with van der Waals surface area (Å²) in [7, 11) is -3.01. The summed E-state index contributed by atoms with van der Waals surface area (Å²) in [6.07, 6.45) is 20.9. The Kier molecular flexibility index (Phi) is 20.5. The molecule has 55 heavy (non-hydrogen) atoms. The number of rotatable bonds is 18. The lowest BCUT2D eigenvalue weighted by Crippen LogP contribution is -2.16. The lowest BCUT2D eigenvalue weighted by atomic mass is 9.97. The molecule has 3 heterocycles. The minimum Gasteiger partial charge on any atom is -0.126 e. The van der Waals surface area contributed by atoms with Gasteiger partial charge in [-0.2, -0.15) is 0 Å². The van der Waals surface area contributed by atoms with Gasteiger partial charge in [0.05, 0.1) is 29.3 Å². The average Bonchev–Trinajstić information content (AvgIpc) is 3.77. The third-order valence-electron chi connectivity index (χ3n) is 9.71. The summed E-state index contributed by atoms with van der Waals surface area (Å²) in [6, 6.07) is 0. The smallest absolute Gasteiger partial charge is 0.126 e. The Balaban J connectivity index is 2.29. The number of unbranched alkanes of at least 4 members (excludes halogenated alkanes) is 6. The Morgan fingerprint density at radius 1 is 0.309 bits per heavy atom. The molecule has 298 valence electrons. The SMILES string of the molecule is CCCCc1c(C#Cc2sc(C#C[Si](C)(C)C)c(CCCC)c2CCCC)sc(C#Cc2sc(C#C[Si](C)(C)C)c(CCCC)c2CCCC)c1CCCC. The van der Waals surface area contributed by atoms with Gasteiger partial charge in [0.25, 0.3) is 0 Å². The third-order valence-corrected chi connectivity index (χ3v) is 14.8. The molecule has 0 aliphatic rings. The predicted octanol–water partition coefficient (Wildman–Crippen LogP) is 15.2. The van der Waals surface area contributed by atoms with Crippen LogP contribution in [0, 0.1) is 46.6 Å². The maximum absolute atomic E-state index is 3.83. The van der Waals surface area contributed by atoms with Crippen molar-refractivity contribution in [3.63, 3.8) is 0 Å². The molecule has 0 spiro atoms. The third kappa shape index (κ3) is 15.2. The first kappa shape index (κ1) is 47.2. The van der Waals surface area contributed by atoms with Crippen LogP contribution in [-0.2, 0) is 38.5 Å². The highest BCUT2D eigenvalue weighted by atomic mass is 32.1. The minimum atomic E-state index is -1.50. The van der Waals surface area contributed by atoms with Gasteiger partial charge < -0.3 is 0 Å². The topological polar surface area (TPSA) is 0 Å². The van der Waals surface area contributed by atoms with E-state index in [-0.39, 0.29) is 0 Å². The van der Waals surface area contributed by atoms with E-state index in [9.17, 15) is 0 Å². The largest absolute Gasteiger partial charge is 0.129 e. The van der Waals surface area contributed by atoms with Crippen molar-refractivity contribution in [3.05, 3.63) is 62.6 Å². The van der Waals surface area contributed by atoms with Crippen molar-refractivity contribution in [2.75, 3.05) is 0 Å². The number of hydrogen-bond donors (Lipinski definition) is 0. The van der Waals surface area contributed by atoms with Crippen LogP contribution in [0.3, 0.4) is 0 Å². The molecule has 3 aromatic rings. The molecule has 0 aliphatic carbocycles. The van der Waals surface area contributed by atoms with Crippen LogP contribution in [0.2, 0.25) is 39.3 Å². The Bertz CT molecular complexity index is 1780. The Hall–Kier alpha value is -2.23. The fourth-order valence-corrected chi connectivity index (χ4v) is 11.0. The zero-order valence-electron chi connectivity index (χ0n) is 37.0. The van der Waals surface area contributed by atoms with Crippen LogP contribution in [0.1, 0.15) is 181 Å². The van der Waals surface area contributed by atoms with Crippen molar-refractivity contribution in [1.82, 2.24) is 0 Å². The van der Waals surface area contributed by atoms with Gasteiger partial charge in [0.2, 0.25) is 0 Å². The van der Waals surface area contributed by atoms with Gasteiger partial charge in [0.1, 0.15) is 16.1 Å². The highest BCUT2D eigenvalue weighted by Gasteiger charge is 2.20. The van der Waals surface area contributed by atoms with Crippen LogP contribution < -0.4 is 0 Å². The summed E-state index contributed by atoms with van der Waals surface area (Å²) in [5.41, 5.74) is 16.3. The second kappa shape index (κ2) is 23.9. The van der Waals surface area contributed by atoms with Crippen molar-refractivity contribution in [1.29, 1.82) is 0 Å². The van der Waals surface area contributed by atoms with E-state index in [1.807, 2.05) is 34.0 Å². The molecular formula is C50H72S3Si2. The van der Waals surface area contributed by atoms with E-state index in [4.69, 9.17) is 0 Å². The van der Waals surface area contributed by atoms with Crippen molar-refractivity contribution in [2.24, 2.45) is 0 Å². The van der Waals surface area contributed by atoms with Crippen molar-refractivity contribution < 1.29 is 0 Å². The first-order valence-corrected chi connectivity index (χ1v) is 31.3. The predicted molar refractivity (Wildman–Crippen MR) is 257 cm³/mol. The maximum Gasteiger partial charge on any atom is 0.129 e. The molecule has 0 atom stereocenters. The number of hydrogen-bond acceptors (Lipinski definition) is 3. The standard InChI is InChI=1S/C50H72S3Si2/c1-13-19-25-39-40(26-20-14-2)46(32-34-48-42(28-22-16-4)44(30-24-18-6)50(53-48)36-38-55(10,11)12)51-45(39)31-33-47-41(27-21-15-3)43(29-23-17-5)49(52-47)35-37-54(7,8)9/h13-30H2,1-12H3. The van der Waals surface area contributed by atoms with Gasteiger partial charge in [-0.05, 0) is 134 Å². The van der Waals surface area contributed by atoms with Gasteiger partial charge in [-0.1, -0.05) is 131 Å². The maximum atomic E-state index is 3.83. The summed E-state index contributed by atoms with van der Waals surface area (Å²) >= 11 is 5.61. The van der Waals surface area contributed by atoms with Crippen molar-refractivity contribution in [3.8, 4) is 46.6 Å². The summed E-state index contributed by atoms with van der Waals surface area (Å²) in [6.45, 7) is 27.9. The molecule has 3 aromatic heterocycles. The molecule has 0 saturated carbocycles. The second-order valence-corrected chi connectivity index (χ2v) is 29.8. The van der Waals surface area contributed by atoms with E-state index >= 15 is 0 Å². The zero-order valence-corrected chi connectivity index (χ0v) is 41.4. The molecule has 0 bridgehead atoms. The highest BCUT2D eigenvalue weighted by molar-refractivity contribution is 7.14. The van der Waals surface area contributed by atoms with Gasteiger partial charge in [0.15, 0.2) is 0 Å². The fourth-order valence-electron chi connectivity index (χ4n) is 6.53. The molecule has 0 fully saturated rings. The Morgan fingerprint density at radius 3 is 0.655 bits per heavy atom. The van der Waals surface area contributed by atoms with Crippen molar-refractivity contribution >= 4 is 50.2 Å². The lowest BCUT2D eigenvalue weighted by Gasteiger charge is -2.06. The molecule has 5 heteroatoms. The quantitative estimate of drug-likeness (QED) is 0.0885. The molecule has 0 radical (unpaired) electrons. The van der Waals surface area contributed by atoms with Gasteiger partial charge in [-0.25, -0.2) is 0 Å². The van der Waals surface area contributed by atoms with E-state index in [0.717, 1.165) is 38.5 Å². The fraction of sp³-hybridized carbons (Fsp3) is 0.600. The van der Waals surface area contributed by atoms with Crippen LogP contribution in [-0.4, -0.2) is 16.1 Å². The number of thiophene rings is 3. The van der Waals surface area contributed by atoms with Crippen LogP contribution in [0.25, 0.3) is 0 Å². The summed E-state index contributed by atoms with van der Waals surface area (Å²) in [5, 5.41) is 0. The van der Waals surface area contributed by atoms with Crippen molar-refractivity contribution in [2.45, 2.75) is 196 Å². The molecule has 0 N–H and O–H groups in total. The van der Waals surface area contributed by atoms with E-state index < -0.39 is 16.1 Å². The van der Waals surface area contributed by atoms with E-state index in [2.05, 4.69) is 127 Å². The second-order valence-electron chi connectivity index (χ2n) is 17.3. The average molecular weight is 825 g/mol. The van der Waals surface area contributed by atoms with Gasteiger partial charge in [0, 0.05) is 0 Å². The first-order valence-electron chi connectivity index (χ1n) is 21.8. The van der Waals surface area contributed by atoms with Gasteiger partial charge >= 0.3 is 0 Å². The highest BCUT2D eigenvalue weighted by Crippen LogP contribution is 2.35. The lowest BCUT2D eigenvalue weighted by molar-refractivity contribution is 0.760. The zero-order chi connectivity index (χ0) is 40.4. The molecule has 0 nitrogen and oxygen atoms in total. The molecule has 0 saturated heterocycles. The minimum absolute atomic E-state index is 1.08. The molecule has 0 unspecified atom stereocenters. The molecule has 3 rings (SSSR count). The summed E-state index contributed by atoms with van der Waals surface area (Å²) in [5.74, 6) is 22.7. The van der Waals surface area contributed by atoms with E-state index in [1.165, 1.54) is 140 Å². The Labute approximate surface area is 353 Å². The molecule has 0 amide bonds. The molecule has 0 aliphatic heterocycles. The summed E-state index contributed by atoms with van der Waals surface area (Å²) in [4.78, 5) is 7.55. The summed E-state index contributed by atoms with van der Waals surface area (Å²) < 4.78 is 0. The first-order chi connectivity index (χ1) is 26.3. The monoisotopic (exact) mass is 824 g/mol. The van der Waals surface area contributed by atoms with E-state index in [1.54, 1.807) is 0 Å². The van der Waals surface area contributed by atoms with Gasteiger partial charge in [-0.3, -0.25) is 0 Å². The molecular weight excluding hydrogens is 753 g/mol. The molecule has 0 aromatic carbocycles. The van der Waals surface area contributed by atoms with Crippen LogP contribution >= 0.6 is 34.0 Å². The normalized spacial score (nSPS) is 11.3. The van der Waals surface area contributed by atoms with Crippen LogP contribution in [0.15, 0.2) is 0 Å². The van der Waals surface area contributed by atoms with Crippen LogP contribution in [0.5, 0.6) is 0 Å². The van der Waals surface area contributed by atoms with Gasteiger partial charge in [-0.15, -0.1) is 45.1 Å².